The summed E-state index contributed by atoms with van der Waals surface area (Å²) < 4.78 is 0. The highest BCUT2D eigenvalue weighted by Gasteiger charge is 2.16. The van der Waals surface area contributed by atoms with Gasteiger partial charge >= 0.3 is 0 Å². The van der Waals surface area contributed by atoms with Crippen LogP contribution in [0.3, 0.4) is 0 Å². The summed E-state index contributed by atoms with van der Waals surface area (Å²) in [6, 6.07) is 22.5. The second kappa shape index (κ2) is 5.85. The molecule has 0 bridgehead atoms. The van der Waals surface area contributed by atoms with Crippen LogP contribution in [-0.4, -0.2) is 0 Å². The van der Waals surface area contributed by atoms with Gasteiger partial charge in [-0.15, -0.1) is 0 Å². The van der Waals surface area contributed by atoms with Crippen molar-refractivity contribution in [1.82, 2.24) is 0 Å². The fourth-order valence-electron chi connectivity index (χ4n) is 4.42. The average Bonchev–Trinajstić information content (AvgIpc) is 3.22. The van der Waals surface area contributed by atoms with Crippen LogP contribution in [0.4, 0.5) is 0 Å². The Kier molecular flexibility index (Phi) is 3.46. The second-order valence-corrected chi connectivity index (χ2v) is 7.66. The molecule has 0 saturated heterocycles. The van der Waals surface area contributed by atoms with E-state index in [1.54, 1.807) is 0 Å². The van der Waals surface area contributed by atoms with E-state index in [1.807, 2.05) is 0 Å². The van der Waals surface area contributed by atoms with Crippen molar-refractivity contribution in [3.8, 4) is 22.3 Å². The van der Waals surface area contributed by atoms with Gasteiger partial charge in [-0.25, -0.2) is 0 Å². The molecule has 26 heavy (non-hydrogen) atoms. The van der Waals surface area contributed by atoms with Crippen LogP contribution in [0.1, 0.15) is 36.1 Å². The van der Waals surface area contributed by atoms with Gasteiger partial charge in [0.05, 0.1) is 0 Å². The molecule has 0 atom stereocenters. The van der Waals surface area contributed by atoms with Crippen molar-refractivity contribution >= 4 is 12.2 Å². The van der Waals surface area contributed by atoms with E-state index in [4.69, 9.17) is 0 Å². The van der Waals surface area contributed by atoms with Crippen molar-refractivity contribution in [2.24, 2.45) is 0 Å². The number of allylic oxidation sites excluding steroid dienone is 2. The molecule has 0 fully saturated rings. The number of hydrogen-bond acceptors (Lipinski definition) is 0. The molecule has 0 aromatic heterocycles. The molecule has 0 radical (unpaired) electrons. The summed E-state index contributed by atoms with van der Waals surface area (Å²) in [7, 11) is 0. The van der Waals surface area contributed by atoms with Crippen LogP contribution < -0.4 is 0 Å². The van der Waals surface area contributed by atoms with Gasteiger partial charge < -0.3 is 0 Å². The van der Waals surface area contributed by atoms with Crippen LogP contribution in [0.2, 0.25) is 0 Å². The second-order valence-electron chi connectivity index (χ2n) is 7.66. The van der Waals surface area contributed by atoms with E-state index in [0.29, 0.717) is 0 Å². The smallest absolute Gasteiger partial charge is 0.00544 e. The topological polar surface area (TPSA) is 0 Å². The lowest BCUT2D eigenvalue weighted by Crippen LogP contribution is -1.90. The van der Waals surface area contributed by atoms with Crippen LogP contribution in [0.15, 0.2) is 71.8 Å². The monoisotopic (exact) mass is 334 g/mol. The van der Waals surface area contributed by atoms with E-state index in [2.05, 4.69) is 86.7 Å². The maximum absolute atomic E-state index is 2.34. The Bertz CT molecular complexity index is 1080. The van der Waals surface area contributed by atoms with E-state index >= 15 is 0 Å². The van der Waals surface area contributed by atoms with Gasteiger partial charge in [0.1, 0.15) is 0 Å². The largest absolute Gasteiger partial charge is 0.0683 e. The SMILES string of the molecule is CC1=Cc2c(cccc2-c2ccc(-c3cccc4c3CC(C)=C4)cc2)C1. The third-order valence-corrected chi connectivity index (χ3v) is 5.63. The maximum atomic E-state index is 2.34. The minimum absolute atomic E-state index is 1.07. The molecular formula is C26H22. The van der Waals surface area contributed by atoms with Crippen molar-refractivity contribution < 1.29 is 0 Å². The van der Waals surface area contributed by atoms with Gasteiger partial charge in [0, 0.05) is 0 Å². The molecule has 3 aromatic carbocycles. The standard InChI is InChI=1S/C26H22/c1-17-13-21-5-3-7-23(25(21)15-17)19-9-11-20(12-10-19)24-8-4-6-22-14-18(2)16-26(22)24/h3-13,16H,14-15H2,1-2H3. The lowest BCUT2D eigenvalue weighted by Gasteiger charge is -2.11. The zero-order valence-electron chi connectivity index (χ0n) is 15.3. The molecule has 0 nitrogen and oxygen atoms in total. The molecule has 126 valence electrons. The Morgan fingerprint density at radius 1 is 0.615 bits per heavy atom. The first-order valence-corrected chi connectivity index (χ1v) is 9.38. The summed E-state index contributed by atoms with van der Waals surface area (Å²) in [5.41, 5.74) is 13.9. The minimum Gasteiger partial charge on any atom is -0.0683 e. The first kappa shape index (κ1) is 15.4. The van der Waals surface area contributed by atoms with Crippen LogP contribution in [-0.2, 0) is 12.8 Å². The van der Waals surface area contributed by atoms with Crippen molar-refractivity contribution in [3.05, 3.63) is 94.1 Å². The fraction of sp³-hybridized carbons (Fsp3) is 0.154. The van der Waals surface area contributed by atoms with E-state index in [-0.39, 0.29) is 0 Å². The van der Waals surface area contributed by atoms with Crippen LogP contribution in [0.25, 0.3) is 34.4 Å². The number of fused-ring (bicyclic) bond motifs is 2. The summed E-state index contributed by atoms with van der Waals surface area (Å²) in [6.07, 6.45) is 6.82. The lowest BCUT2D eigenvalue weighted by atomic mass is 9.93. The van der Waals surface area contributed by atoms with Crippen molar-refractivity contribution in [1.29, 1.82) is 0 Å². The van der Waals surface area contributed by atoms with Crippen molar-refractivity contribution in [3.63, 3.8) is 0 Å². The molecule has 0 saturated carbocycles. The predicted molar refractivity (Wildman–Crippen MR) is 112 cm³/mol. The van der Waals surface area contributed by atoms with Crippen LogP contribution in [0.5, 0.6) is 0 Å². The number of hydrogen-bond donors (Lipinski definition) is 0. The lowest BCUT2D eigenvalue weighted by molar-refractivity contribution is 1.20. The molecular weight excluding hydrogens is 312 g/mol. The summed E-state index contributed by atoms with van der Waals surface area (Å²) >= 11 is 0. The molecule has 0 unspecified atom stereocenters. The number of rotatable bonds is 2. The molecule has 2 aliphatic rings. The molecule has 5 rings (SSSR count). The van der Waals surface area contributed by atoms with Gasteiger partial charge in [-0.2, -0.15) is 0 Å². The van der Waals surface area contributed by atoms with Gasteiger partial charge in [-0.1, -0.05) is 84.0 Å². The van der Waals surface area contributed by atoms with Crippen LogP contribution >= 0.6 is 0 Å². The Labute approximate surface area is 155 Å². The first-order chi connectivity index (χ1) is 12.7. The molecule has 0 heteroatoms. The highest BCUT2D eigenvalue weighted by molar-refractivity contribution is 5.83. The van der Waals surface area contributed by atoms with Gasteiger partial charge in [-0.3, -0.25) is 0 Å². The van der Waals surface area contributed by atoms with E-state index in [9.17, 15) is 0 Å². The summed E-state index contributed by atoms with van der Waals surface area (Å²) in [5, 5.41) is 0. The predicted octanol–water partition coefficient (Wildman–Crippen LogP) is 6.94. The number of benzene rings is 3. The van der Waals surface area contributed by atoms with Gasteiger partial charge in [0.15, 0.2) is 0 Å². The fourth-order valence-corrected chi connectivity index (χ4v) is 4.42. The van der Waals surface area contributed by atoms with Gasteiger partial charge in [-0.05, 0) is 71.2 Å². The van der Waals surface area contributed by atoms with Gasteiger partial charge in [0.2, 0.25) is 0 Å². The molecule has 3 aromatic rings. The van der Waals surface area contributed by atoms with E-state index in [0.717, 1.165) is 12.8 Å². The quantitative estimate of drug-likeness (QED) is 0.476. The molecule has 0 N–H and O–H groups in total. The first-order valence-electron chi connectivity index (χ1n) is 9.38. The van der Waals surface area contributed by atoms with Crippen molar-refractivity contribution in [2.75, 3.05) is 0 Å². The Morgan fingerprint density at radius 2 is 1.27 bits per heavy atom. The van der Waals surface area contributed by atoms with Crippen LogP contribution in [0, 0.1) is 0 Å². The average molecular weight is 334 g/mol. The van der Waals surface area contributed by atoms with E-state index < -0.39 is 0 Å². The maximum Gasteiger partial charge on any atom is -0.00544 e. The highest BCUT2D eigenvalue weighted by Crippen LogP contribution is 2.37. The third-order valence-electron chi connectivity index (χ3n) is 5.63. The third kappa shape index (κ3) is 2.45. The Balaban J connectivity index is 1.55. The normalized spacial score (nSPS) is 14.7. The zero-order chi connectivity index (χ0) is 17.7. The molecule has 0 amide bonds. The molecule has 2 aliphatic carbocycles. The highest BCUT2D eigenvalue weighted by atomic mass is 14.2. The van der Waals surface area contributed by atoms with E-state index in [1.165, 1.54) is 55.7 Å². The van der Waals surface area contributed by atoms with Crippen molar-refractivity contribution in [2.45, 2.75) is 26.7 Å². The Hall–Kier alpha value is -2.86. The summed E-state index contributed by atoms with van der Waals surface area (Å²) in [4.78, 5) is 0. The zero-order valence-corrected chi connectivity index (χ0v) is 15.3. The summed E-state index contributed by atoms with van der Waals surface area (Å²) in [6.45, 7) is 4.44. The minimum atomic E-state index is 1.07. The molecule has 0 aliphatic heterocycles. The van der Waals surface area contributed by atoms with Gasteiger partial charge in [0.25, 0.3) is 0 Å². The molecule has 0 spiro atoms. The summed E-state index contributed by atoms with van der Waals surface area (Å²) in [5.74, 6) is 0. The Morgan fingerprint density at radius 3 is 2.08 bits per heavy atom. The molecule has 0 heterocycles.